The molecule has 1 rings (SSSR count). The van der Waals surface area contributed by atoms with Crippen molar-refractivity contribution >= 4 is 57.8 Å². The fourth-order valence-electron chi connectivity index (χ4n) is 0.944. The first-order valence-corrected chi connectivity index (χ1v) is 5.61. The highest BCUT2D eigenvalue weighted by molar-refractivity contribution is 14.1. The molecule has 70 valence electrons. The molecule has 13 heavy (non-hydrogen) atoms. The molecule has 0 aliphatic heterocycles. The lowest BCUT2D eigenvalue weighted by Crippen LogP contribution is -2.35. The molecule has 0 atom stereocenters. The Hall–Kier alpha value is 0.465. The van der Waals surface area contributed by atoms with E-state index >= 15 is 0 Å². The molecule has 0 saturated carbocycles. The summed E-state index contributed by atoms with van der Waals surface area (Å²) in [5.74, 6) is 0.657. The summed E-state index contributed by atoms with van der Waals surface area (Å²) >= 11 is 4.09. The smallest absolute Gasteiger partial charge is 0.490 e. The molecule has 1 aromatic rings. The highest BCUT2D eigenvalue weighted by atomic mass is 127. The van der Waals surface area contributed by atoms with E-state index in [4.69, 9.17) is 14.8 Å². The van der Waals surface area contributed by atoms with Gasteiger partial charge in [0, 0.05) is 9.03 Å². The fraction of sp³-hybridized carbons (Fsp3) is 0.143. The molecule has 3 nitrogen and oxygen atoms in total. The second-order valence-electron chi connectivity index (χ2n) is 2.35. The van der Waals surface area contributed by atoms with E-state index in [1.165, 1.54) is 0 Å². The Morgan fingerprint density at radius 1 is 1.31 bits per heavy atom. The van der Waals surface area contributed by atoms with Crippen molar-refractivity contribution in [2.75, 3.05) is 7.11 Å². The minimum absolute atomic E-state index is 0.501. The van der Waals surface area contributed by atoms with Crippen LogP contribution in [0.1, 0.15) is 0 Å². The Bertz CT molecular complexity index is 317. The van der Waals surface area contributed by atoms with Gasteiger partial charge in [-0.3, -0.25) is 0 Å². The van der Waals surface area contributed by atoms with Crippen LogP contribution in [-0.4, -0.2) is 24.3 Å². The van der Waals surface area contributed by atoms with Crippen LogP contribution in [0.5, 0.6) is 5.75 Å². The van der Waals surface area contributed by atoms with Gasteiger partial charge in [0.1, 0.15) is 5.75 Å². The normalized spacial score (nSPS) is 9.92. The lowest BCUT2D eigenvalue weighted by atomic mass is 9.80. The van der Waals surface area contributed by atoms with Gasteiger partial charge in [-0.2, -0.15) is 0 Å². The van der Waals surface area contributed by atoms with Crippen LogP contribution < -0.4 is 10.2 Å². The predicted molar refractivity (Wildman–Crippen MR) is 68.3 cm³/mol. The van der Waals surface area contributed by atoms with Crippen LogP contribution in [0.3, 0.4) is 0 Å². The third-order valence-electron chi connectivity index (χ3n) is 1.57. The number of benzene rings is 1. The third-order valence-corrected chi connectivity index (χ3v) is 3.62. The van der Waals surface area contributed by atoms with Crippen molar-refractivity contribution < 1.29 is 14.8 Å². The Balaban J connectivity index is 3.30. The van der Waals surface area contributed by atoms with Gasteiger partial charge in [-0.1, -0.05) is 0 Å². The Kier molecular flexibility index (Phi) is 4.27. The molecule has 0 aromatic heterocycles. The van der Waals surface area contributed by atoms with E-state index in [-0.39, 0.29) is 0 Å². The molecule has 0 fully saturated rings. The molecule has 0 unspecified atom stereocenters. The summed E-state index contributed by atoms with van der Waals surface area (Å²) < 4.78 is 6.61. The topological polar surface area (TPSA) is 49.7 Å². The molecule has 2 N–H and O–H groups in total. The molecule has 0 heterocycles. The third kappa shape index (κ3) is 2.48. The van der Waals surface area contributed by atoms with Crippen LogP contribution in [-0.2, 0) is 0 Å². The number of rotatable bonds is 2. The number of ether oxygens (including phenoxy) is 1. The lowest BCUT2D eigenvalue weighted by Gasteiger charge is -2.10. The van der Waals surface area contributed by atoms with Gasteiger partial charge in [-0.15, -0.1) is 0 Å². The summed E-state index contributed by atoms with van der Waals surface area (Å²) in [6.07, 6.45) is 0. The summed E-state index contributed by atoms with van der Waals surface area (Å²) in [5, 5.41) is 18.2. The number of methoxy groups -OCH3 is 1. The molecule has 0 spiro atoms. The zero-order chi connectivity index (χ0) is 10.0. The largest absolute Gasteiger partial charge is 0.496 e. The van der Waals surface area contributed by atoms with E-state index in [2.05, 4.69) is 22.6 Å². The average Bonchev–Trinajstić information content (AvgIpc) is 2.04. The summed E-state index contributed by atoms with van der Waals surface area (Å²) in [4.78, 5) is 0. The molecular formula is C7H7BI2O3. The summed E-state index contributed by atoms with van der Waals surface area (Å²) in [5.41, 5.74) is 0.501. The summed E-state index contributed by atoms with van der Waals surface area (Å²) in [6.45, 7) is 0. The predicted octanol–water partition coefficient (Wildman–Crippen LogP) is 0.584. The Morgan fingerprint density at radius 2 is 1.92 bits per heavy atom. The molecular weight excluding hydrogens is 397 g/mol. The maximum absolute atomic E-state index is 9.10. The number of halogens is 2. The van der Waals surface area contributed by atoms with E-state index < -0.39 is 7.12 Å². The van der Waals surface area contributed by atoms with E-state index in [9.17, 15) is 0 Å². The molecule has 6 heteroatoms. The monoisotopic (exact) mass is 404 g/mol. The summed E-state index contributed by atoms with van der Waals surface area (Å²) in [7, 11) is 0.103. The molecule has 0 bridgehead atoms. The van der Waals surface area contributed by atoms with Gasteiger partial charge < -0.3 is 14.8 Å². The van der Waals surface area contributed by atoms with Gasteiger partial charge in [-0.25, -0.2) is 0 Å². The SMILES string of the molecule is COc1ccc(I)c(B(O)O)c1I. The molecule has 0 aliphatic carbocycles. The van der Waals surface area contributed by atoms with Crippen molar-refractivity contribution in [3.05, 3.63) is 19.3 Å². The van der Waals surface area contributed by atoms with Crippen LogP contribution in [0.4, 0.5) is 0 Å². The van der Waals surface area contributed by atoms with E-state index in [0.29, 0.717) is 11.2 Å². The van der Waals surface area contributed by atoms with Gasteiger partial charge in [0.05, 0.1) is 10.7 Å². The van der Waals surface area contributed by atoms with Crippen LogP contribution in [0, 0.1) is 7.14 Å². The van der Waals surface area contributed by atoms with Gasteiger partial charge in [-0.05, 0) is 57.3 Å². The van der Waals surface area contributed by atoms with Gasteiger partial charge in [0.15, 0.2) is 0 Å². The average molecular weight is 404 g/mol. The maximum Gasteiger partial charge on any atom is 0.490 e. The molecule has 1 aromatic carbocycles. The van der Waals surface area contributed by atoms with Gasteiger partial charge in [0.2, 0.25) is 0 Å². The first-order valence-electron chi connectivity index (χ1n) is 3.46. The number of hydrogen-bond acceptors (Lipinski definition) is 3. The first-order chi connectivity index (χ1) is 6.07. The van der Waals surface area contributed by atoms with Crippen LogP contribution in [0.2, 0.25) is 0 Å². The second kappa shape index (κ2) is 4.81. The maximum atomic E-state index is 9.10. The van der Waals surface area contributed by atoms with E-state index in [0.717, 1.165) is 7.14 Å². The van der Waals surface area contributed by atoms with Crippen LogP contribution >= 0.6 is 45.2 Å². The molecule has 0 saturated heterocycles. The van der Waals surface area contributed by atoms with Crippen molar-refractivity contribution in [2.24, 2.45) is 0 Å². The molecule has 0 aliphatic rings. The Morgan fingerprint density at radius 3 is 2.38 bits per heavy atom. The zero-order valence-electron chi connectivity index (χ0n) is 6.79. The van der Waals surface area contributed by atoms with Crippen molar-refractivity contribution in [3.8, 4) is 5.75 Å². The van der Waals surface area contributed by atoms with E-state index in [1.807, 2.05) is 22.6 Å². The molecule has 0 amide bonds. The van der Waals surface area contributed by atoms with Crippen molar-refractivity contribution in [2.45, 2.75) is 0 Å². The second-order valence-corrected chi connectivity index (χ2v) is 4.59. The Labute approximate surface area is 104 Å². The first kappa shape index (κ1) is 11.5. The lowest BCUT2D eigenvalue weighted by molar-refractivity contribution is 0.409. The van der Waals surface area contributed by atoms with Crippen molar-refractivity contribution in [1.29, 1.82) is 0 Å². The zero-order valence-corrected chi connectivity index (χ0v) is 11.1. The highest BCUT2D eigenvalue weighted by Gasteiger charge is 2.20. The highest BCUT2D eigenvalue weighted by Crippen LogP contribution is 2.20. The van der Waals surface area contributed by atoms with E-state index in [1.54, 1.807) is 19.2 Å². The minimum atomic E-state index is -1.45. The molecule has 0 radical (unpaired) electrons. The number of hydrogen-bond donors (Lipinski definition) is 2. The standard InChI is InChI=1S/C7H7BI2O3/c1-13-5-3-2-4(9)6(7(5)10)8(11)12/h2-3,11-12H,1H3. The van der Waals surface area contributed by atoms with Crippen LogP contribution in [0.25, 0.3) is 0 Å². The van der Waals surface area contributed by atoms with Crippen molar-refractivity contribution in [3.63, 3.8) is 0 Å². The van der Waals surface area contributed by atoms with Gasteiger partial charge in [0.25, 0.3) is 0 Å². The fourth-order valence-corrected chi connectivity index (χ4v) is 3.16. The van der Waals surface area contributed by atoms with Crippen molar-refractivity contribution in [1.82, 2.24) is 0 Å². The summed E-state index contributed by atoms with van der Waals surface area (Å²) in [6, 6.07) is 3.59. The van der Waals surface area contributed by atoms with Crippen LogP contribution in [0.15, 0.2) is 12.1 Å². The minimum Gasteiger partial charge on any atom is -0.496 e. The quantitative estimate of drug-likeness (QED) is 0.561. The van der Waals surface area contributed by atoms with Gasteiger partial charge >= 0.3 is 7.12 Å².